The Morgan fingerprint density at radius 1 is 1.09 bits per heavy atom. The van der Waals surface area contributed by atoms with Gasteiger partial charge in [0.2, 0.25) is 5.91 Å². The minimum absolute atomic E-state index is 0.278. The first-order chi connectivity index (χ1) is 11.0. The summed E-state index contributed by atoms with van der Waals surface area (Å²) in [5.41, 5.74) is 2.50. The number of aryl methyl sites for hydroxylation is 1. The smallest absolute Gasteiger partial charge is 0.248 e. The molecule has 1 N–H and O–H groups in total. The van der Waals surface area contributed by atoms with E-state index in [1.165, 1.54) is 6.08 Å². The van der Waals surface area contributed by atoms with Crippen LogP contribution in [0.25, 0.3) is 17.0 Å². The molecule has 3 aromatic rings. The molecule has 3 nitrogen and oxygen atoms in total. The normalized spacial score (nSPS) is 11.3. The number of furan rings is 1. The zero-order chi connectivity index (χ0) is 16.4. The van der Waals surface area contributed by atoms with Crippen LogP contribution in [0.4, 0.5) is 5.69 Å². The third-order valence-corrected chi connectivity index (χ3v) is 4.02. The Labute approximate surface area is 143 Å². The van der Waals surface area contributed by atoms with Crippen LogP contribution in [-0.4, -0.2) is 5.91 Å². The monoisotopic (exact) mass is 345 g/mol. The van der Waals surface area contributed by atoms with Gasteiger partial charge < -0.3 is 9.73 Å². The Bertz CT molecular complexity index is 913. The third kappa shape index (κ3) is 3.76. The van der Waals surface area contributed by atoms with Gasteiger partial charge in [0.25, 0.3) is 0 Å². The summed E-state index contributed by atoms with van der Waals surface area (Å²) in [5, 5.41) is 4.55. The summed E-state index contributed by atoms with van der Waals surface area (Å²) < 4.78 is 5.68. The van der Waals surface area contributed by atoms with Crippen LogP contribution in [0, 0.1) is 6.92 Å². The lowest BCUT2D eigenvalue weighted by atomic mass is 10.2. The predicted molar refractivity (Wildman–Crippen MR) is 95.1 cm³/mol. The number of halogens is 2. The van der Waals surface area contributed by atoms with E-state index >= 15 is 0 Å². The van der Waals surface area contributed by atoms with Gasteiger partial charge in [-0.3, -0.25) is 4.79 Å². The highest BCUT2D eigenvalue weighted by Gasteiger charge is 2.04. The Morgan fingerprint density at radius 3 is 2.70 bits per heavy atom. The predicted octanol–water partition coefficient (Wildman–Crippen LogP) is 5.70. The Kier molecular flexibility index (Phi) is 4.42. The van der Waals surface area contributed by atoms with Crippen LogP contribution in [0.2, 0.25) is 10.0 Å². The Balaban J connectivity index is 1.72. The van der Waals surface area contributed by atoms with Crippen molar-refractivity contribution in [2.45, 2.75) is 6.92 Å². The van der Waals surface area contributed by atoms with E-state index < -0.39 is 0 Å². The number of rotatable bonds is 3. The molecule has 1 heterocycles. The summed E-state index contributed by atoms with van der Waals surface area (Å²) in [6.07, 6.45) is 3.04. The number of benzene rings is 2. The van der Waals surface area contributed by atoms with Crippen molar-refractivity contribution in [3.8, 4) is 0 Å². The Morgan fingerprint density at radius 2 is 1.91 bits per heavy atom. The quantitative estimate of drug-likeness (QED) is 0.618. The second-order valence-corrected chi connectivity index (χ2v) is 5.96. The number of hydrogen-bond acceptors (Lipinski definition) is 2. The van der Waals surface area contributed by atoms with Gasteiger partial charge in [-0.05, 0) is 48.9 Å². The molecule has 0 aliphatic carbocycles. The van der Waals surface area contributed by atoms with Crippen molar-refractivity contribution in [3.05, 3.63) is 69.9 Å². The highest BCUT2D eigenvalue weighted by Crippen LogP contribution is 2.25. The highest BCUT2D eigenvalue weighted by atomic mass is 35.5. The maximum Gasteiger partial charge on any atom is 0.248 e. The molecule has 0 atom stereocenters. The lowest BCUT2D eigenvalue weighted by molar-refractivity contribution is -0.111. The summed E-state index contributed by atoms with van der Waals surface area (Å²) >= 11 is 11.7. The van der Waals surface area contributed by atoms with Gasteiger partial charge in [0.15, 0.2) is 0 Å². The maximum absolute atomic E-state index is 11.9. The van der Waals surface area contributed by atoms with E-state index in [1.54, 1.807) is 24.3 Å². The van der Waals surface area contributed by atoms with Crippen LogP contribution in [0.3, 0.4) is 0 Å². The molecular formula is C18H13Cl2NO2. The van der Waals surface area contributed by atoms with Crippen molar-refractivity contribution in [3.63, 3.8) is 0 Å². The van der Waals surface area contributed by atoms with Crippen LogP contribution < -0.4 is 5.32 Å². The van der Waals surface area contributed by atoms with Gasteiger partial charge in [-0.25, -0.2) is 0 Å². The largest absolute Gasteiger partial charge is 0.457 e. The lowest BCUT2D eigenvalue weighted by Gasteiger charge is -2.03. The van der Waals surface area contributed by atoms with Gasteiger partial charge in [0.05, 0.1) is 10.0 Å². The second kappa shape index (κ2) is 6.49. The van der Waals surface area contributed by atoms with E-state index in [1.807, 2.05) is 31.2 Å². The fourth-order valence-corrected chi connectivity index (χ4v) is 2.45. The van der Waals surface area contributed by atoms with E-state index in [4.69, 9.17) is 27.6 Å². The molecule has 23 heavy (non-hydrogen) atoms. The van der Waals surface area contributed by atoms with Crippen molar-refractivity contribution < 1.29 is 9.21 Å². The Hall–Kier alpha value is -2.23. The average molecular weight is 346 g/mol. The molecule has 0 aliphatic heterocycles. The van der Waals surface area contributed by atoms with Crippen LogP contribution >= 0.6 is 23.2 Å². The fraction of sp³-hybridized carbons (Fsp3) is 0.0556. The van der Waals surface area contributed by atoms with E-state index in [0.717, 1.165) is 16.5 Å². The van der Waals surface area contributed by atoms with Crippen molar-refractivity contribution in [1.82, 2.24) is 0 Å². The molecule has 0 aliphatic rings. The first-order valence-corrected chi connectivity index (χ1v) is 7.71. The molecule has 3 rings (SSSR count). The standard InChI is InChI=1S/C18H13Cl2NO2/c1-11-2-3-12-9-14(23-17(12)8-11)5-7-18(22)21-13-4-6-15(19)16(20)10-13/h2-10H,1H3,(H,21,22)/b7-5+. The molecule has 0 spiro atoms. The summed E-state index contributed by atoms with van der Waals surface area (Å²) in [6.45, 7) is 2.00. The molecule has 5 heteroatoms. The van der Waals surface area contributed by atoms with Gasteiger partial charge in [-0.2, -0.15) is 0 Å². The van der Waals surface area contributed by atoms with E-state index in [2.05, 4.69) is 5.32 Å². The van der Waals surface area contributed by atoms with Crippen LogP contribution in [0.15, 0.2) is 53.0 Å². The molecule has 0 radical (unpaired) electrons. The van der Waals surface area contributed by atoms with Crippen molar-refractivity contribution >= 4 is 51.8 Å². The molecule has 0 saturated heterocycles. The fourth-order valence-electron chi connectivity index (χ4n) is 2.16. The summed E-state index contributed by atoms with van der Waals surface area (Å²) in [7, 11) is 0. The van der Waals surface area contributed by atoms with Gasteiger partial charge in [0.1, 0.15) is 11.3 Å². The van der Waals surface area contributed by atoms with Gasteiger partial charge >= 0.3 is 0 Å². The number of hydrogen-bond donors (Lipinski definition) is 1. The van der Waals surface area contributed by atoms with Crippen LogP contribution in [0.5, 0.6) is 0 Å². The van der Waals surface area contributed by atoms with Crippen molar-refractivity contribution in [2.75, 3.05) is 5.32 Å². The molecule has 0 bridgehead atoms. The average Bonchev–Trinajstić information content (AvgIpc) is 2.91. The molecule has 2 aromatic carbocycles. The number of nitrogens with one attached hydrogen (secondary N) is 1. The minimum Gasteiger partial charge on any atom is -0.457 e. The first-order valence-electron chi connectivity index (χ1n) is 6.95. The van der Waals surface area contributed by atoms with E-state index in [9.17, 15) is 4.79 Å². The minimum atomic E-state index is -0.278. The van der Waals surface area contributed by atoms with Crippen LogP contribution in [0.1, 0.15) is 11.3 Å². The molecule has 1 aromatic heterocycles. The van der Waals surface area contributed by atoms with Gasteiger partial charge in [0, 0.05) is 17.1 Å². The van der Waals surface area contributed by atoms with Crippen molar-refractivity contribution in [2.24, 2.45) is 0 Å². The zero-order valence-electron chi connectivity index (χ0n) is 12.3. The third-order valence-electron chi connectivity index (χ3n) is 3.28. The highest BCUT2D eigenvalue weighted by molar-refractivity contribution is 6.42. The summed E-state index contributed by atoms with van der Waals surface area (Å²) in [4.78, 5) is 11.9. The van der Waals surface area contributed by atoms with Gasteiger partial charge in [-0.15, -0.1) is 0 Å². The van der Waals surface area contributed by atoms with E-state index in [-0.39, 0.29) is 5.91 Å². The maximum atomic E-state index is 11.9. The molecule has 0 saturated carbocycles. The zero-order valence-corrected chi connectivity index (χ0v) is 13.8. The SMILES string of the molecule is Cc1ccc2cc(/C=C/C(=O)Nc3ccc(Cl)c(Cl)c3)oc2c1. The van der Waals surface area contributed by atoms with E-state index in [0.29, 0.717) is 21.5 Å². The summed E-state index contributed by atoms with van der Waals surface area (Å²) in [5.74, 6) is 0.343. The number of amides is 1. The number of fused-ring (bicyclic) bond motifs is 1. The lowest BCUT2D eigenvalue weighted by Crippen LogP contribution is -2.07. The number of carbonyl (C=O) groups excluding carboxylic acids is 1. The van der Waals surface area contributed by atoms with Crippen molar-refractivity contribution in [1.29, 1.82) is 0 Å². The molecule has 1 amide bonds. The summed E-state index contributed by atoms with van der Waals surface area (Å²) in [6, 6.07) is 12.8. The molecule has 0 unspecified atom stereocenters. The van der Waals surface area contributed by atoms with Gasteiger partial charge in [-0.1, -0.05) is 35.3 Å². The van der Waals surface area contributed by atoms with Crippen LogP contribution in [-0.2, 0) is 4.79 Å². The number of anilines is 1. The molecule has 116 valence electrons. The first kappa shape index (κ1) is 15.7. The molecular weight excluding hydrogens is 333 g/mol. The number of carbonyl (C=O) groups is 1. The second-order valence-electron chi connectivity index (χ2n) is 5.14. The molecule has 0 fully saturated rings. The topological polar surface area (TPSA) is 42.2 Å².